The Morgan fingerprint density at radius 1 is 1.12 bits per heavy atom. The molecule has 0 saturated heterocycles. The number of carbonyl (C=O) groups excluding carboxylic acids is 1. The van der Waals surface area contributed by atoms with E-state index in [0.29, 0.717) is 11.3 Å². The van der Waals surface area contributed by atoms with E-state index in [-0.39, 0.29) is 27.6 Å². The number of para-hydroxylation sites is 1. The SMILES string of the molecule is NC(=O)N(c1nc(-c2ccc(F)cc2)co1)c1c(Cl)cccc1Cl. The molecule has 3 aromatic rings. The number of carbonyl (C=O) groups is 1. The van der Waals surface area contributed by atoms with E-state index < -0.39 is 6.03 Å². The van der Waals surface area contributed by atoms with Gasteiger partial charge in [-0.1, -0.05) is 29.3 Å². The molecule has 1 aromatic heterocycles. The van der Waals surface area contributed by atoms with Crippen LogP contribution in [-0.2, 0) is 0 Å². The Hall–Kier alpha value is -2.57. The predicted octanol–water partition coefficient (Wildman–Crippen LogP) is 5.00. The summed E-state index contributed by atoms with van der Waals surface area (Å²) in [5, 5.41) is 0.422. The van der Waals surface area contributed by atoms with E-state index in [1.165, 1.54) is 30.5 Å². The van der Waals surface area contributed by atoms with Crippen LogP contribution in [0.25, 0.3) is 11.3 Å². The summed E-state index contributed by atoms with van der Waals surface area (Å²) in [6.07, 6.45) is 1.32. The van der Waals surface area contributed by atoms with Gasteiger partial charge in [-0.25, -0.2) is 14.1 Å². The second-order valence-corrected chi connectivity index (χ2v) is 5.58. The summed E-state index contributed by atoms with van der Waals surface area (Å²) in [6, 6.07) is 9.44. The number of aromatic nitrogens is 1. The van der Waals surface area contributed by atoms with Gasteiger partial charge in [-0.05, 0) is 36.4 Å². The molecular formula is C16H10Cl2FN3O2. The van der Waals surface area contributed by atoms with Crippen LogP contribution in [0.15, 0.2) is 53.1 Å². The van der Waals surface area contributed by atoms with Gasteiger partial charge in [0.15, 0.2) is 0 Å². The van der Waals surface area contributed by atoms with E-state index in [1.807, 2.05) is 0 Å². The second-order valence-electron chi connectivity index (χ2n) is 4.77. The van der Waals surface area contributed by atoms with Crippen molar-refractivity contribution in [2.75, 3.05) is 4.90 Å². The third-order valence-electron chi connectivity index (χ3n) is 3.20. The maximum absolute atomic E-state index is 13.0. The van der Waals surface area contributed by atoms with Crippen molar-refractivity contribution in [1.29, 1.82) is 0 Å². The Labute approximate surface area is 146 Å². The Kier molecular flexibility index (Phi) is 4.42. The smallest absolute Gasteiger partial charge is 0.327 e. The van der Waals surface area contributed by atoms with E-state index in [9.17, 15) is 9.18 Å². The Balaban J connectivity index is 2.05. The topological polar surface area (TPSA) is 72.4 Å². The molecule has 0 aliphatic heterocycles. The van der Waals surface area contributed by atoms with Crippen molar-refractivity contribution in [1.82, 2.24) is 4.98 Å². The number of nitrogens with two attached hydrogens (primary N) is 1. The van der Waals surface area contributed by atoms with Crippen LogP contribution in [0.5, 0.6) is 0 Å². The highest BCUT2D eigenvalue weighted by atomic mass is 35.5. The number of primary amides is 1. The quantitative estimate of drug-likeness (QED) is 0.709. The monoisotopic (exact) mass is 365 g/mol. The summed E-state index contributed by atoms with van der Waals surface area (Å²) in [4.78, 5) is 17.1. The van der Waals surface area contributed by atoms with Crippen molar-refractivity contribution in [3.8, 4) is 11.3 Å². The molecule has 0 fully saturated rings. The highest BCUT2D eigenvalue weighted by molar-refractivity contribution is 6.40. The molecule has 122 valence electrons. The maximum atomic E-state index is 13.0. The highest BCUT2D eigenvalue weighted by Crippen LogP contribution is 2.38. The molecule has 24 heavy (non-hydrogen) atoms. The molecule has 0 saturated carbocycles. The van der Waals surface area contributed by atoms with Crippen LogP contribution in [-0.4, -0.2) is 11.0 Å². The van der Waals surface area contributed by atoms with Gasteiger partial charge in [0.05, 0.1) is 15.7 Å². The molecular weight excluding hydrogens is 356 g/mol. The summed E-state index contributed by atoms with van der Waals surface area (Å²) in [5.74, 6) is -0.371. The Bertz CT molecular complexity index is 876. The Morgan fingerprint density at radius 2 is 1.75 bits per heavy atom. The van der Waals surface area contributed by atoms with Gasteiger partial charge in [0.1, 0.15) is 17.8 Å². The number of nitrogens with zero attached hydrogens (tertiary/aromatic N) is 2. The Morgan fingerprint density at radius 3 is 2.33 bits per heavy atom. The van der Waals surface area contributed by atoms with Gasteiger partial charge < -0.3 is 10.2 Å². The number of hydrogen-bond donors (Lipinski definition) is 1. The molecule has 2 N–H and O–H groups in total. The molecule has 0 bridgehead atoms. The third-order valence-corrected chi connectivity index (χ3v) is 3.81. The summed E-state index contributed by atoms with van der Waals surface area (Å²) < 4.78 is 18.3. The predicted molar refractivity (Wildman–Crippen MR) is 90.1 cm³/mol. The molecule has 1 heterocycles. The summed E-state index contributed by atoms with van der Waals surface area (Å²) >= 11 is 12.2. The van der Waals surface area contributed by atoms with Crippen molar-refractivity contribution in [3.05, 3.63) is 64.6 Å². The van der Waals surface area contributed by atoms with Crippen molar-refractivity contribution >= 4 is 40.9 Å². The van der Waals surface area contributed by atoms with E-state index >= 15 is 0 Å². The summed E-state index contributed by atoms with van der Waals surface area (Å²) in [5.41, 5.74) is 6.61. The molecule has 2 amide bonds. The zero-order chi connectivity index (χ0) is 17.3. The first-order chi connectivity index (χ1) is 11.5. The minimum absolute atomic E-state index is 0.100. The fourth-order valence-corrected chi connectivity index (χ4v) is 2.69. The standard InChI is InChI=1S/C16H10Cl2FN3O2/c17-11-2-1-3-12(18)14(11)22(15(20)23)16-21-13(8-24-16)9-4-6-10(19)7-5-9/h1-8H,(H2,20,23). The van der Waals surface area contributed by atoms with E-state index in [2.05, 4.69) is 4.98 Å². The van der Waals surface area contributed by atoms with Crippen LogP contribution in [0, 0.1) is 5.82 Å². The zero-order valence-electron chi connectivity index (χ0n) is 12.0. The van der Waals surface area contributed by atoms with E-state index in [1.54, 1.807) is 18.2 Å². The lowest BCUT2D eigenvalue weighted by molar-refractivity contribution is 0.255. The van der Waals surface area contributed by atoms with Crippen molar-refractivity contribution < 1.29 is 13.6 Å². The van der Waals surface area contributed by atoms with Gasteiger partial charge in [-0.3, -0.25) is 0 Å². The number of amides is 2. The fourth-order valence-electron chi connectivity index (χ4n) is 2.12. The number of anilines is 2. The van der Waals surface area contributed by atoms with E-state index in [0.717, 1.165) is 4.90 Å². The second kappa shape index (κ2) is 6.51. The van der Waals surface area contributed by atoms with Gasteiger partial charge >= 0.3 is 12.0 Å². The minimum atomic E-state index is -0.863. The number of oxazole rings is 1. The number of halogens is 3. The van der Waals surface area contributed by atoms with Crippen LogP contribution >= 0.6 is 23.2 Å². The summed E-state index contributed by atoms with van der Waals surface area (Å²) in [6.45, 7) is 0. The van der Waals surface area contributed by atoms with Gasteiger partial charge in [-0.15, -0.1) is 0 Å². The zero-order valence-corrected chi connectivity index (χ0v) is 13.6. The fraction of sp³-hybridized carbons (Fsp3) is 0. The van der Waals surface area contributed by atoms with Crippen molar-refractivity contribution in [2.45, 2.75) is 0 Å². The van der Waals surface area contributed by atoms with Gasteiger partial charge in [0.2, 0.25) is 0 Å². The largest absolute Gasteiger partial charge is 0.431 e. The van der Waals surface area contributed by atoms with E-state index in [4.69, 9.17) is 33.4 Å². The lowest BCUT2D eigenvalue weighted by Crippen LogP contribution is -2.32. The molecule has 2 aromatic carbocycles. The van der Waals surface area contributed by atoms with Crippen LogP contribution in [0.2, 0.25) is 10.0 Å². The molecule has 0 aliphatic carbocycles. The average molecular weight is 366 g/mol. The van der Waals surface area contributed by atoms with Crippen molar-refractivity contribution in [3.63, 3.8) is 0 Å². The van der Waals surface area contributed by atoms with Crippen LogP contribution in [0.4, 0.5) is 20.9 Å². The number of hydrogen-bond acceptors (Lipinski definition) is 3. The number of urea groups is 1. The molecule has 8 heteroatoms. The first-order valence-electron chi connectivity index (χ1n) is 6.72. The van der Waals surface area contributed by atoms with Crippen LogP contribution in [0.3, 0.4) is 0 Å². The van der Waals surface area contributed by atoms with Gasteiger partial charge in [0.25, 0.3) is 0 Å². The maximum Gasteiger partial charge on any atom is 0.327 e. The summed E-state index contributed by atoms with van der Waals surface area (Å²) in [7, 11) is 0. The first kappa shape index (κ1) is 16.3. The van der Waals surface area contributed by atoms with Crippen LogP contribution < -0.4 is 10.6 Å². The van der Waals surface area contributed by atoms with Crippen molar-refractivity contribution in [2.24, 2.45) is 5.73 Å². The lowest BCUT2D eigenvalue weighted by Gasteiger charge is -2.18. The van der Waals surface area contributed by atoms with Crippen LogP contribution in [0.1, 0.15) is 0 Å². The number of rotatable bonds is 3. The molecule has 0 atom stereocenters. The highest BCUT2D eigenvalue weighted by Gasteiger charge is 2.25. The lowest BCUT2D eigenvalue weighted by atomic mass is 10.2. The molecule has 5 nitrogen and oxygen atoms in total. The molecule has 0 aliphatic rings. The normalized spacial score (nSPS) is 10.6. The van der Waals surface area contributed by atoms with Gasteiger partial charge in [0, 0.05) is 5.56 Å². The first-order valence-corrected chi connectivity index (χ1v) is 7.48. The molecule has 0 radical (unpaired) electrons. The molecule has 0 unspecified atom stereocenters. The minimum Gasteiger partial charge on any atom is -0.431 e. The van der Waals surface area contributed by atoms with Gasteiger partial charge in [-0.2, -0.15) is 4.98 Å². The third kappa shape index (κ3) is 3.06. The number of benzene rings is 2. The molecule has 3 rings (SSSR count). The average Bonchev–Trinajstić information content (AvgIpc) is 3.00. The molecule has 0 spiro atoms.